The van der Waals surface area contributed by atoms with Gasteiger partial charge in [-0.2, -0.15) is 0 Å². The molecule has 0 bridgehead atoms. The van der Waals surface area contributed by atoms with Crippen molar-refractivity contribution in [1.29, 1.82) is 0 Å². The topological polar surface area (TPSA) is 62.4 Å². The molecule has 1 aromatic heterocycles. The van der Waals surface area contributed by atoms with Crippen molar-refractivity contribution in [3.05, 3.63) is 30.1 Å². The van der Waals surface area contributed by atoms with Gasteiger partial charge in [0.25, 0.3) is 0 Å². The van der Waals surface area contributed by atoms with Crippen molar-refractivity contribution in [3.63, 3.8) is 0 Å². The fourth-order valence-electron chi connectivity index (χ4n) is 2.73. The molecule has 1 aliphatic heterocycles. The summed E-state index contributed by atoms with van der Waals surface area (Å²) in [5.41, 5.74) is 6.88. The summed E-state index contributed by atoms with van der Waals surface area (Å²) < 4.78 is 0. The molecule has 0 spiro atoms. The lowest BCUT2D eigenvalue weighted by atomic mass is 9.97. The van der Waals surface area contributed by atoms with Crippen molar-refractivity contribution < 1.29 is 5.11 Å². The van der Waals surface area contributed by atoms with Crippen LogP contribution in [0.1, 0.15) is 38.3 Å². The molecule has 2 heterocycles. The molecule has 18 heavy (non-hydrogen) atoms. The lowest BCUT2D eigenvalue weighted by molar-refractivity contribution is 0.0593. The Morgan fingerprint density at radius 2 is 2.17 bits per heavy atom. The number of hydrogen-bond acceptors (Lipinski definition) is 4. The van der Waals surface area contributed by atoms with E-state index in [0.29, 0.717) is 6.54 Å². The van der Waals surface area contributed by atoms with E-state index in [1.165, 1.54) is 5.56 Å². The fraction of sp³-hybridized carbons (Fsp3) is 0.643. The normalized spacial score (nSPS) is 28.2. The van der Waals surface area contributed by atoms with E-state index in [4.69, 9.17) is 5.73 Å². The van der Waals surface area contributed by atoms with Crippen LogP contribution in [0.4, 0.5) is 0 Å². The average Bonchev–Trinajstić information content (AvgIpc) is 2.71. The molecular formula is C14H23N3O. The number of aromatic nitrogens is 1. The zero-order chi connectivity index (χ0) is 13.2. The quantitative estimate of drug-likeness (QED) is 0.844. The number of nitrogens with two attached hydrogens (primary N) is 1. The van der Waals surface area contributed by atoms with Crippen molar-refractivity contribution in [2.75, 3.05) is 13.1 Å². The van der Waals surface area contributed by atoms with Gasteiger partial charge in [-0.25, -0.2) is 0 Å². The monoisotopic (exact) mass is 249 g/mol. The third kappa shape index (κ3) is 2.88. The summed E-state index contributed by atoms with van der Waals surface area (Å²) >= 11 is 0. The third-order valence-electron chi connectivity index (χ3n) is 3.80. The first-order chi connectivity index (χ1) is 8.53. The number of β-amino-alcohol motifs (C(OH)–C–C–N with tert-alkyl or cyclic N) is 1. The van der Waals surface area contributed by atoms with Crippen molar-refractivity contribution in [3.8, 4) is 0 Å². The first-order valence-electron chi connectivity index (χ1n) is 6.65. The van der Waals surface area contributed by atoms with E-state index >= 15 is 0 Å². The smallest absolute Gasteiger partial charge is 0.0758 e. The SMILES string of the molecule is CCC(N)C(c1ccncc1)N1CCC(C)(O)C1. The van der Waals surface area contributed by atoms with E-state index in [1.807, 2.05) is 19.1 Å². The summed E-state index contributed by atoms with van der Waals surface area (Å²) in [6.45, 7) is 5.59. The van der Waals surface area contributed by atoms with Crippen LogP contribution in [0.2, 0.25) is 0 Å². The van der Waals surface area contributed by atoms with Crippen LogP contribution in [0.25, 0.3) is 0 Å². The van der Waals surface area contributed by atoms with Gasteiger partial charge in [-0.05, 0) is 37.5 Å². The number of rotatable bonds is 4. The highest BCUT2D eigenvalue weighted by Gasteiger charge is 2.37. The highest BCUT2D eigenvalue weighted by Crippen LogP contribution is 2.31. The van der Waals surface area contributed by atoms with Gasteiger partial charge in [0.15, 0.2) is 0 Å². The minimum atomic E-state index is -0.585. The maximum Gasteiger partial charge on any atom is 0.0758 e. The van der Waals surface area contributed by atoms with Crippen LogP contribution in [0.3, 0.4) is 0 Å². The lowest BCUT2D eigenvalue weighted by Crippen LogP contribution is -2.41. The van der Waals surface area contributed by atoms with Crippen LogP contribution in [0.5, 0.6) is 0 Å². The summed E-state index contributed by atoms with van der Waals surface area (Å²) in [6.07, 6.45) is 5.34. The van der Waals surface area contributed by atoms with Crippen molar-refractivity contribution >= 4 is 0 Å². The van der Waals surface area contributed by atoms with Crippen LogP contribution in [0.15, 0.2) is 24.5 Å². The fourth-order valence-corrected chi connectivity index (χ4v) is 2.73. The Balaban J connectivity index is 2.22. The molecule has 4 nitrogen and oxygen atoms in total. The summed E-state index contributed by atoms with van der Waals surface area (Å²) in [7, 11) is 0. The van der Waals surface area contributed by atoms with Gasteiger partial charge in [-0.15, -0.1) is 0 Å². The summed E-state index contributed by atoms with van der Waals surface area (Å²) in [6, 6.07) is 4.30. The van der Waals surface area contributed by atoms with E-state index in [2.05, 4.69) is 16.8 Å². The van der Waals surface area contributed by atoms with E-state index in [-0.39, 0.29) is 12.1 Å². The number of pyridine rings is 1. The molecule has 0 amide bonds. The van der Waals surface area contributed by atoms with E-state index in [9.17, 15) is 5.11 Å². The molecule has 1 fully saturated rings. The molecule has 3 atom stereocenters. The number of aliphatic hydroxyl groups is 1. The Kier molecular flexibility index (Phi) is 4.00. The molecule has 2 rings (SSSR count). The first kappa shape index (κ1) is 13.5. The second-order valence-corrected chi connectivity index (χ2v) is 5.51. The largest absolute Gasteiger partial charge is 0.389 e. The van der Waals surface area contributed by atoms with Gasteiger partial charge in [0, 0.05) is 31.5 Å². The van der Waals surface area contributed by atoms with Gasteiger partial charge in [-0.1, -0.05) is 6.92 Å². The molecule has 4 heteroatoms. The first-order valence-corrected chi connectivity index (χ1v) is 6.65. The molecule has 1 aliphatic rings. The molecule has 3 N–H and O–H groups in total. The number of likely N-dealkylation sites (tertiary alicyclic amines) is 1. The average molecular weight is 249 g/mol. The molecule has 3 unspecified atom stereocenters. The minimum Gasteiger partial charge on any atom is -0.389 e. The highest BCUT2D eigenvalue weighted by atomic mass is 16.3. The van der Waals surface area contributed by atoms with Gasteiger partial charge in [-0.3, -0.25) is 9.88 Å². The van der Waals surface area contributed by atoms with E-state index < -0.39 is 5.60 Å². The molecule has 0 saturated carbocycles. The van der Waals surface area contributed by atoms with E-state index in [1.54, 1.807) is 12.4 Å². The molecule has 100 valence electrons. The Bertz CT molecular complexity index is 380. The summed E-state index contributed by atoms with van der Waals surface area (Å²) in [4.78, 5) is 6.35. The second kappa shape index (κ2) is 5.34. The maximum absolute atomic E-state index is 10.1. The van der Waals surface area contributed by atoms with Crippen LogP contribution in [-0.4, -0.2) is 39.7 Å². The molecule has 1 aromatic rings. The Labute approximate surface area is 109 Å². The molecular weight excluding hydrogens is 226 g/mol. The van der Waals surface area contributed by atoms with Crippen LogP contribution in [-0.2, 0) is 0 Å². The van der Waals surface area contributed by atoms with E-state index in [0.717, 1.165) is 19.4 Å². The zero-order valence-corrected chi connectivity index (χ0v) is 11.2. The van der Waals surface area contributed by atoms with Gasteiger partial charge < -0.3 is 10.8 Å². The van der Waals surface area contributed by atoms with Gasteiger partial charge in [0.1, 0.15) is 0 Å². The van der Waals surface area contributed by atoms with Crippen LogP contribution in [0, 0.1) is 0 Å². The second-order valence-electron chi connectivity index (χ2n) is 5.51. The minimum absolute atomic E-state index is 0.0845. The Morgan fingerprint density at radius 3 is 2.67 bits per heavy atom. The van der Waals surface area contributed by atoms with Crippen molar-refractivity contribution in [1.82, 2.24) is 9.88 Å². The Morgan fingerprint density at radius 1 is 1.50 bits per heavy atom. The van der Waals surface area contributed by atoms with Gasteiger partial charge in [0.05, 0.1) is 11.6 Å². The number of hydrogen-bond donors (Lipinski definition) is 2. The van der Waals surface area contributed by atoms with Crippen molar-refractivity contribution in [2.45, 2.75) is 44.4 Å². The standard InChI is InChI=1S/C14H23N3O/c1-3-12(15)13(11-4-7-16-8-5-11)17-9-6-14(2,18)10-17/h4-5,7-8,12-13,18H,3,6,9-10,15H2,1-2H3. The highest BCUT2D eigenvalue weighted by molar-refractivity contribution is 5.18. The Hall–Kier alpha value is -0.970. The zero-order valence-electron chi connectivity index (χ0n) is 11.2. The lowest BCUT2D eigenvalue weighted by Gasteiger charge is -2.33. The van der Waals surface area contributed by atoms with Crippen LogP contribution < -0.4 is 5.73 Å². The third-order valence-corrected chi connectivity index (χ3v) is 3.80. The summed E-state index contributed by atoms with van der Waals surface area (Å²) in [5, 5.41) is 10.1. The molecule has 0 aliphatic carbocycles. The van der Waals surface area contributed by atoms with Crippen LogP contribution >= 0.6 is 0 Å². The van der Waals surface area contributed by atoms with Crippen molar-refractivity contribution in [2.24, 2.45) is 5.73 Å². The van der Waals surface area contributed by atoms with Gasteiger partial charge in [0.2, 0.25) is 0 Å². The predicted octanol–water partition coefficient (Wildman–Crippen LogP) is 1.32. The summed E-state index contributed by atoms with van der Waals surface area (Å²) in [5.74, 6) is 0. The molecule has 0 aromatic carbocycles. The van der Waals surface area contributed by atoms with Gasteiger partial charge >= 0.3 is 0 Å². The molecule has 1 saturated heterocycles. The number of nitrogens with zero attached hydrogens (tertiary/aromatic N) is 2. The predicted molar refractivity (Wildman–Crippen MR) is 72.1 cm³/mol. The molecule has 0 radical (unpaired) electrons. The maximum atomic E-state index is 10.1.